The Morgan fingerprint density at radius 1 is 1.00 bits per heavy atom. The fraction of sp³-hybridized carbons (Fsp3) is 0.200. The van der Waals surface area contributed by atoms with Gasteiger partial charge in [0, 0.05) is 18.1 Å². The molecule has 1 N–H and O–H groups in total. The highest BCUT2D eigenvalue weighted by atomic mass is 15.4. The first-order chi connectivity index (χ1) is 13.1. The first-order valence-electron chi connectivity index (χ1n) is 8.84. The second-order valence-corrected chi connectivity index (χ2v) is 6.49. The third-order valence-electron chi connectivity index (χ3n) is 4.40. The average molecular weight is 359 g/mol. The molecular formula is C20H21N7. The predicted molar refractivity (Wildman–Crippen MR) is 104 cm³/mol. The van der Waals surface area contributed by atoms with E-state index in [0.717, 1.165) is 22.6 Å². The van der Waals surface area contributed by atoms with Crippen LogP contribution in [-0.2, 0) is 0 Å². The smallest absolute Gasteiger partial charge is 0.176 e. The van der Waals surface area contributed by atoms with E-state index in [1.54, 1.807) is 10.9 Å². The molecule has 136 valence electrons. The van der Waals surface area contributed by atoms with Crippen LogP contribution >= 0.6 is 0 Å². The standard InChI is InChI=1S/C20H21N7/c1-14-13-15(2)27(25-14)20-10-9-19(23-24-20)22-16(3)17-7-4-5-8-18(17)26-12-6-11-21-26/h4-13,16H,1-3H3,(H,22,23). The molecule has 0 spiro atoms. The van der Waals surface area contributed by atoms with Crippen molar-refractivity contribution in [1.29, 1.82) is 0 Å². The molecule has 0 saturated carbocycles. The molecule has 0 aliphatic rings. The van der Waals surface area contributed by atoms with Crippen LogP contribution in [0.25, 0.3) is 11.5 Å². The average Bonchev–Trinajstić information content (AvgIpc) is 3.32. The van der Waals surface area contributed by atoms with Crippen LogP contribution in [0.3, 0.4) is 0 Å². The summed E-state index contributed by atoms with van der Waals surface area (Å²) in [5, 5.41) is 20.8. The van der Waals surface area contributed by atoms with Crippen molar-refractivity contribution in [2.75, 3.05) is 5.32 Å². The minimum Gasteiger partial charge on any atom is -0.362 e. The molecule has 1 atom stereocenters. The van der Waals surface area contributed by atoms with Crippen LogP contribution in [0.15, 0.2) is 60.9 Å². The third kappa shape index (κ3) is 3.44. The molecule has 1 unspecified atom stereocenters. The number of benzene rings is 1. The van der Waals surface area contributed by atoms with E-state index in [4.69, 9.17) is 0 Å². The zero-order valence-corrected chi connectivity index (χ0v) is 15.5. The fourth-order valence-electron chi connectivity index (χ4n) is 3.15. The molecule has 0 aliphatic heterocycles. The Morgan fingerprint density at radius 3 is 2.52 bits per heavy atom. The highest BCUT2D eigenvalue weighted by molar-refractivity contribution is 5.47. The molecule has 0 radical (unpaired) electrons. The van der Waals surface area contributed by atoms with Crippen LogP contribution < -0.4 is 5.32 Å². The Morgan fingerprint density at radius 2 is 1.85 bits per heavy atom. The molecule has 7 heteroatoms. The first kappa shape index (κ1) is 17.0. The summed E-state index contributed by atoms with van der Waals surface area (Å²) in [6, 6.07) is 16.0. The molecule has 4 rings (SSSR count). The largest absolute Gasteiger partial charge is 0.362 e. The van der Waals surface area contributed by atoms with E-state index >= 15 is 0 Å². The van der Waals surface area contributed by atoms with Gasteiger partial charge in [0.2, 0.25) is 0 Å². The van der Waals surface area contributed by atoms with E-state index in [1.807, 2.05) is 61.1 Å². The van der Waals surface area contributed by atoms with Crippen molar-refractivity contribution in [3.63, 3.8) is 0 Å². The van der Waals surface area contributed by atoms with Crippen LogP contribution in [0.2, 0.25) is 0 Å². The lowest BCUT2D eigenvalue weighted by molar-refractivity contribution is 0.773. The number of hydrogen-bond acceptors (Lipinski definition) is 5. The molecule has 3 aromatic heterocycles. The monoisotopic (exact) mass is 359 g/mol. The molecule has 3 heterocycles. The van der Waals surface area contributed by atoms with Gasteiger partial charge in [0.25, 0.3) is 0 Å². The minimum atomic E-state index is 0.0410. The molecule has 4 aromatic rings. The van der Waals surface area contributed by atoms with E-state index in [1.165, 1.54) is 0 Å². The quantitative estimate of drug-likeness (QED) is 0.589. The van der Waals surface area contributed by atoms with Crippen LogP contribution in [0, 0.1) is 13.8 Å². The number of nitrogens with zero attached hydrogens (tertiary/aromatic N) is 6. The van der Waals surface area contributed by atoms with Gasteiger partial charge in [0.05, 0.1) is 17.4 Å². The summed E-state index contributed by atoms with van der Waals surface area (Å²) in [6.07, 6.45) is 3.71. The fourth-order valence-corrected chi connectivity index (χ4v) is 3.15. The molecule has 7 nitrogen and oxygen atoms in total. The second-order valence-electron chi connectivity index (χ2n) is 6.49. The molecule has 27 heavy (non-hydrogen) atoms. The summed E-state index contributed by atoms with van der Waals surface area (Å²) in [6.45, 7) is 6.06. The van der Waals surface area contributed by atoms with Crippen molar-refractivity contribution in [3.8, 4) is 11.5 Å². The van der Waals surface area contributed by atoms with Gasteiger partial charge in [-0.1, -0.05) is 18.2 Å². The number of aromatic nitrogens is 6. The van der Waals surface area contributed by atoms with Gasteiger partial charge in [-0.2, -0.15) is 10.2 Å². The second kappa shape index (κ2) is 7.03. The van der Waals surface area contributed by atoms with Gasteiger partial charge < -0.3 is 5.32 Å². The van der Waals surface area contributed by atoms with E-state index in [-0.39, 0.29) is 6.04 Å². The van der Waals surface area contributed by atoms with Crippen LogP contribution in [0.5, 0.6) is 0 Å². The van der Waals surface area contributed by atoms with Gasteiger partial charge in [0.15, 0.2) is 5.82 Å². The lowest BCUT2D eigenvalue weighted by atomic mass is 10.1. The Hall–Kier alpha value is -3.48. The number of aryl methyl sites for hydroxylation is 2. The van der Waals surface area contributed by atoms with Crippen molar-refractivity contribution < 1.29 is 0 Å². The van der Waals surface area contributed by atoms with Gasteiger partial charge >= 0.3 is 0 Å². The number of para-hydroxylation sites is 1. The number of anilines is 1. The normalized spacial score (nSPS) is 12.1. The molecule has 0 fully saturated rings. The van der Waals surface area contributed by atoms with Gasteiger partial charge in [-0.15, -0.1) is 10.2 Å². The molecule has 0 saturated heterocycles. The van der Waals surface area contributed by atoms with Crippen molar-refractivity contribution in [1.82, 2.24) is 29.8 Å². The zero-order valence-electron chi connectivity index (χ0n) is 15.5. The Balaban J connectivity index is 1.56. The van der Waals surface area contributed by atoms with Crippen molar-refractivity contribution in [2.24, 2.45) is 0 Å². The summed E-state index contributed by atoms with van der Waals surface area (Å²) in [5.74, 6) is 1.42. The lowest BCUT2D eigenvalue weighted by Crippen LogP contribution is -2.12. The molecule has 0 aliphatic carbocycles. The van der Waals surface area contributed by atoms with Gasteiger partial charge in [-0.25, -0.2) is 9.36 Å². The van der Waals surface area contributed by atoms with Gasteiger partial charge in [-0.05, 0) is 56.7 Å². The van der Waals surface area contributed by atoms with Crippen molar-refractivity contribution >= 4 is 5.82 Å². The molecule has 0 amide bonds. The summed E-state index contributed by atoms with van der Waals surface area (Å²) >= 11 is 0. The summed E-state index contributed by atoms with van der Waals surface area (Å²) in [5.41, 5.74) is 4.16. The van der Waals surface area contributed by atoms with Crippen molar-refractivity contribution in [2.45, 2.75) is 26.8 Å². The molecular weight excluding hydrogens is 338 g/mol. The summed E-state index contributed by atoms with van der Waals surface area (Å²) in [7, 11) is 0. The highest BCUT2D eigenvalue weighted by Crippen LogP contribution is 2.24. The number of hydrogen-bond donors (Lipinski definition) is 1. The Bertz CT molecular complexity index is 1030. The minimum absolute atomic E-state index is 0.0410. The molecule has 0 bridgehead atoms. The topological polar surface area (TPSA) is 73.5 Å². The first-order valence-corrected chi connectivity index (χ1v) is 8.84. The summed E-state index contributed by atoms with van der Waals surface area (Å²) in [4.78, 5) is 0. The van der Waals surface area contributed by atoms with Gasteiger partial charge in [-0.3, -0.25) is 0 Å². The van der Waals surface area contributed by atoms with Gasteiger partial charge in [0.1, 0.15) is 5.82 Å². The van der Waals surface area contributed by atoms with E-state index < -0.39 is 0 Å². The highest BCUT2D eigenvalue weighted by Gasteiger charge is 2.13. The number of nitrogens with one attached hydrogen (secondary N) is 1. The third-order valence-corrected chi connectivity index (χ3v) is 4.40. The Kier molecular flexibility index (Phi) is 4.42. The molecule has 1 aromatic carbocycles. The van der Waals surface area contributed by atoms with E-state index in [9.17, 15) is 0 Å². The van der Waals surface area contributed by atoms with Crippen LogP contribution in [-0.4, -0.2) is 29.8 Å². The SMILES string of the molecule is Cc1cc(C)n(-c2ccc(NC(C)c3ccccc3-n3cccn3)nn2)n1. The van der Waals surface area contributed by atoms with Crippen LogP contribution in [0.1, 0.15) is 29.9 Å². The van der Waals surface area contributed by atoms with Crippen LogP contribution in [0.4, 0.5) is 5.82 Å². The Labute approximate surface area is 157 Å². The van der Waals surface area contributed by atoms with E-state index in [2.05, 4.69) is 44.8 Å². The predicted octanol–water partition coefficient (Wildman–Crippen LogP) is 3.64. The van der Waals surface area contributed by atoms with E-state index in [0.29, 0.717) is 11.6 Å². The zero-order chi connectivity index (χ0) is 18.8. The number of rotatable bonds is 5. The summed E-state index contributed by atoms with van der Waals surface area (Å²) < 4.78 is 3.66. The maximum absolute atomic E-state index is 4.44. The maximum atomic E-state index is 4.44. The lowest BCUT2D eigenvalue weighted by Gasteiger charge is -2.18. The van der Waals surface area contributed by atoms with Crippen molar-refractivity contribution in [3.05, 3.63) is 77.9 Å². The maximum Gasteiger partial charge on any atom is 0.176 e.